The molecule has 2 rings (SSSR count). The molecular formula is C24H29N3O3. The van der Waals surface area contributed by atoms with Crippen molar-refractivity contribution in [3.63, 3.8) is 0 Å². The van der Waals surface area contributed by atoms with Crippen LogP contribution in [0.1, 0.15) is 35.2 Å². The molecule has 2 aromatic carbocycles. The van der Waals surface area contributed by atoms with Crippen LogP contribution < -0.4 is 10.6 Å². The van der Waals surface area contributed by atoms with Gasteiger partial charge in [-0.3, -0.25) is 14.4 Å². The highest BCUT2D eigenvalue weighted by molar-refractivity contribution is 5.94. The molecule has 2 N–H and O–H groups in total. The molecule has 0 aliphatic carbocycles. The minimum absolute atomic E-state index is 0.0587. The number of unbranched alkanes of at least 4 members (excludes halogenated alkanes) is 1. The Morgan fingerprint density at radius 1 is 0.833 bits per heavy atom. The third-order valence-electron chi connectivity index (χ3n) is 4.54. The van der Waals surface area contributed by atoms with E-state index in [-0.39, 0.29) is 11.8 Å². The van der Waals surface area contributed by atoms with Crippen LogP contribution in [-0.4, -0.2) is 49.3 Å². The number of carbonyl (C=O) groups is 3. The number of nitrogens with one attached hydrogen (secondary N) is 2. The molecule has 2 aromatic rings. The summed E-state index contributed by atoms with van der Waals surface area (Å²) in [7, 11) is 0. The van der Waals surface area contributed by atoms with Crippen LogP contribution in [0.4, 0.5) is 0 Å². The lowest BCUT2D eigenvalue weighted by Crippen LogP contribution is -2.34. The second-order valence-electron chi connectivity index (χ2n) is 6.82. The summed E-state index contributed by atoms with van der Waals surface area (Å²) >= 11 is 0. The van der Waals surface area contributed by atoms with Gasteiger partial charge in [-0.15, -0.1) is 0 Å². The minimum Gasteiger partial charge on any atom is -0.359 e. The maximum atomic E-state index is 12.7. The van der Waals surface area contributed by atoms with Crippen LogP contribution >= 0.6 is 0 Å². The average molecular weight is 408 g/mol. The summed E-state index contributed by atoms with van der Waals surface area (Å²) in [5, 5.41) is 5.52. The van der Waals surface area contributed by atoms with E-state index < -0.39 is 0 Å². The van der Waals surface area contributed by atoms with Crippen LogP contribution in [0, 0.1) is 0 Å². The molecule has 0 spiro atoms. The zero-order valence-corrected chi connectivity index (χ0v) is 17.1. The number of hydrogen-bond donors (Lipinski definition) is 2. The third-order valence-corrected chi connectivity index (χ3v) is 4.54. The fourth-order valence-corrected chi connectivity index (χ4v) is 2.92. The first-order valence-corrected chi connectivity index (χ1v) is 10.2. The highest BCUT2D eigenvalue weighted by atomic mass is 16.2. The van der Waals surface area contributed by atoms with E-state index >= 15 is 0 Å². The molecule has 0 aromatic heterocycles. The topological polar surface area (TPSA) is 78.5 Å². The van der Waals surface area contributed by atoms with Gasteiger partial charge in [-0.2, -0.15) is 0 Å². The molecule has 0 atom stereocenters. The van der Waals surface area contributed by atoms with Crippen LogP contribution in [0.3, 0.4) is 0 Å². The summed E-state index contributed by atoms with van der Waals surface area (Å²) in [6.07, 6.45) is 6.33. The van der Waals surface area contributed by atoms with E-state index in [2.05, 4.69) is 10.6 Å². The number of hydrogen-bond acceptors (Lipinski definition) is 3. The molecule has 0 heterocycles. The van der Waals surface area contributed by atoms with Gasteiger partial charge in [0.25, 0.3) is 5.91 Å². The highest BCUT2D eigenvalue weighted by Gasteiger charge is 2.11. The van der Waals surface area contributed by atoms with Crippen molar-refractivity contribution in [1.29, 1.82) is 0 Å². The molecule has 0 aliphatic heterocycles. The lowest BCUT2D eigenvalue weighted by atomic mass is 10.2. The van der Waals surface area contributed by atoms with E-state index in [4.69, 9.17) is 0 Å². The zero-order chi connectivity index (χ0) is 21.4. The summed E-state index contributed by atoms with van der Waals surface area (Å²) in [5.41, 5.74) is 1.59. The highest BCUT2D eigenvalue weighted by Crippen LogP contribution is 2.04. The van der Waals surface area contributed by atoms with E-state index in [1.807, 2.05) is 48.5 Å². The predicted molar refractivity (Wildman–Crippen MR) is 119 cm³/mol. The summed E-state index contributed by atoms with van der Waals surface area (Å²) in [4.78, 5) is 36.9. The summed E-state index contributed by atoms with van der Waals surface area (Å²) < 4.78 is 0. The summed E-state index contributed by atoms with van der Waals surface area (Å²) in [6.45, 7) is 2.24. The Kier molecular flexibility index (Phi) is 10.5. The lowest BCUT2D eigenvalue weighted by molar-refractivity contribution is -0.126. The van der Waals surface area contributed by atoms with Crippen molar-refractivity contribution < 1.29 is 14.4 Å². The molecule has 30 heavy (non-hydrogen) atoms. The number of benzene rings is 2. The van der Waals surface area contributed by atoms with Crippen LogP contribution in [0.25, 0.3) is 6.08 Å². The number of amides is 3. The molecule has 0 radical (unpaired) electrons. The Morgan fingerprint density at radius 3 is 2.20 bits per heavy atom. The molecule has 0 fully saturated rings. The van der Waals surface area contributed by atoms with Crippen LogP contribution in [0.2, 0.25) is 0 Å². The van der Waals surface area contributed by atoms with Gasteiger partial charge >= 0.3 is 0 Å². The van der Waals surface area contributed by atoms with Crippen molar-refractivity contribution in [2.75, 3.05) is 26.2 Å². The van der Waals surface area contributed by atoms with Gasteiger partial charge in [0.1, 0.15) is 0 Å². The second kappa shape index (κ2) is 13.7. The Bertz CT molecular complexity index is 807. The first-order chi connectivity index (χ1) is 14.7. The Morgan fingerprint density at radius 2 is 1.50 bits per heavy atom. The Labute approximate surface area is 178 Å². The van der Waals surface area contributed by atoms with Crippen molar-refractivity contribution in [2.24, 2.45) is 0 Å². The number of rotatable bonds is 13. The number of nitrogens with zero attached hydrogens (tertiary/aromatic N) is 1. The summed E-state index contributed by atoms with van der Waals surface area (Å²) in [5.74, 6) is -0.172. The van der Waals surface area contributed by atoms with Gasteiger partial charge in [-0.1, -0.05) is 48.5 Å². The normalized spacial score (nSPS) is 10.5. The van der Waals surface area contributed by atoms with Gasteiger partial charge in [0.05, 0.1) is 0 Å². The van der Waals surface area contributed by atoms with E-state index in [0.29, 0.717) is 44.6 Å². The van der Waals surface area contributed by atoms with Crippen molar-refractivity contribution in [2.45, 2.75) is 19.3 Å². The average Bonchev–Trinajstić information content (AvgIpc) is 2.79. The predicted octanol–water partition coefficient (Wildman–Crippen LogP) is 2.87. The van der Waals surface area contributed by atoms with Gasteiger partial charge in [-0.25, -0.2) is 0 Å². The van der Waals surface area contributed by atoms with Gasteiger partial charge in [0, 0.05) is 37.8 Å². The van der Waals surface area contributed by atoms with Gasteiger partial charge in [-0.05, 0) is 43.0 Å². The monoisotopic (exact) mass is 407 g/mol. The third kappa shape index (κ3) is 8.73. The maximum absolute atomic E-state index is 12.7. The maximum Gasteiger partial charge on any atom is 0.251 e. The first kappa shape index (κ1) is 22.9. The lowest BCUT2D eigenvalue weighted by Gasteiger charge is -2.21. The van der Waals surface area contributed by atoms with Crippen molar-refractivity contribution >= 4 is 24.3 Å². The molecule has 3 amide bonds. The number of carbonyl (C=O) groups excluding carboxylic acids is 3. The smallest absolute Gasteiger partial charge is 0.251 e. The van der Waals surface area contributed by atoms with E-state index in [1.54, 1.807) is 29.2 Å². The van der Waals surface area contributed by atoms with Crippen molar-refractivity contribution in [3.05, 3.63) is 77.9 Å². The minimum atomic E-state index is -0.114. The van der Waals surface area contributed by atoms with Crippen LogP contribution in [0.5, 0.6) is 0 Å². The fraction of sp³-hybridized carbons (Fsp3) is 0.292. The second-order valence-corrected chi connectivity index (χ2v) is 6.82. The molecular weight excluding hydrogens is 378 g/mol. The molecule has 0 aliphatic rings. The molecule has 6 nitrogen and oxygen atoms in total. The quantitative estimate of drug-likeness (QED) is 0.304. The van der Waals surface area contributed by atoms with Gasteiger partial charge in [0.15, 0.2) is 0 Å². The van der Waals surface area contributed by atoms with Crippen molar-refractivity contribution in [3.8, 4) is 0 Å². The van der Waals surface area contributed by atoms with Crippen molar-refractivity contribution in [1.82, 2.24) is 15.5 Å². The molecule has 158 valence electrons. The summed E-state index contributed by atoms with van der Waals surface area (Å²) in [6, 6.07) is 18.7. The van der Waals surface area contributed by atoms with Gasteiger partial charge < -0.3 is 15.5 Å². The Balaban J connectivity index is 1.83. The SMILES string of the molecule is O=CNCCCCN(CCCNC(=O)c1ccccc1)C(=O)/C=C/c1ccccc1. The fourth-order valence-electron chi connectivity index (χ4n) is 2.92. The molecule has 0 saturated carbocycles. The molecule has 0 saturated heterocycles. The van der Waals surface area contributed by atoms with Crippen LogP contribution in [-0.2, 0) is 9.59 Å². The molecule has 0 unspecified atom stereocenters. The first-order valence-electron chi connectivity index (χ1n) is 10.2. The van der Waals surface area contributed by atoms with Gasteiger partial charge in [0.2, 0.25) is 12.3 Å². The molecule has 0 bridgehead atoms. The van der Waals surface area contributed by atoms with Crippen LogP contribution in [0.15, 0.2) is 66.7 Å². The van der Waals surface area contributed by atoms with E-state index in [0.717, 1.165) is 18.4 Å². The van der Waals surface area contributed by atoms with E-state index in [1.165, 1.54) is 0 Å². The zero-order valence-electron chi connectivity index (χ0n) is 17.1. The largest absolute Gasteiger partial charge is 0.359 e. The molecule has 6 heteroatoms. The van der Waals surface area contributed by atoms with E-state index in [9.17, 15) is 14.4 Å². The Hall–Kier alpha value is -3.41. The standard InChI is InChI=1S/C24H29N3O3/c28-20-25-16-7-8-18-27(23(29)15-14-21-10-3-1-4-11-21)19-9-17-26-24(30)22-12-5-2-6-13-22/h1-6,10-15,20H,7-9,16-19H2,(H,25,28)(H,26,30)/b15-14+.